The predicted octanol–water partition coefficient (Wildman–Crippen LogP) is 2.97. The third kappa shape index (κ3) is 4.89. The zero-order chi connectivity index (χ0) is 12.7. The summed E-state index contributed by atoms with van der Waals surface area (Å²) in [5, 5.41) is 2.99. The first-order valence-corrected chi connectivity index (χ1v) is 6.30. The maximum Gasteiger partial charge on any atom is 0.251 e. The van der Waals surface area contributed by atoms with Crippen LogP contribution >= 0.6 is 0 Å². The van der Waals surface area contributed by atoms with Gasteiger partial charge in [0.05, 0.1) is 0 Å². The number of benzene rings is 1. The Kier molecular flexibility index (Phi) is 5.53. The molecule has 3 nitrogen and oxygen atoms in total. The molecule has 17 heavy (non-hydrogen) atoms. The van der Waals surface area contributed by atoms with E-state index in [0.717, 1.165) is 12.8 Å². The highest BCUT2D eigenvalue weighted by molar-refractivity contribution is 5.95. The van der Waals surface area contributed by atoms with E-state index in [1.807, 2.05) is 6.92 Å². The SMILES string of the molecule is CCCCCC(C)NC(=O)c1cccc(N)c1. The van der Waals surface area contributed by atoms with Crippen molar-refractivity contribution >= 4 is 11.6 Å². The van der Waals surface area contributed by atoms with E-state index in [4.69, 9.17) is 5.73 Å². The number of nitrogens with two attached hydrogens (primary N) is 1. The molecule has 0 fully saturated rings. The first-order chi connectivity index (χ1) is 8.13. The van der Waals surface area contributed by atoms with E-state index >= 15 is 0 Å². The highest BCUT2D eigenvalue weighted by Gasteiger charge is 2.09. The van der Waals surface area contributed by atoms with Crippen LogP contribution in [-0.4, -0.2) is 11.9 Å². The number of amides is 1. The fraction of sp³-hybridized carbons (Fsp3) is 0.500. The lowest BCUT2D eigenvalue weighted by Crippen LogP contribution is -2.32. The normalized spacial score (nSPS) is 12.1. The second-order valence-corrected chi connectivity index (χ2v) is 4.50. The number of anilines is 1. The molecule has 1 aromatic carbocycles. The summed E-state index contributed by atoms with van der Waals surface area (Å²) in [7, 11) is 0. The second kappa shape index (κ2) is 6.94. The van der Waals surface area contributed by atoms with Crippen molar-refractivity contribution < 1.29 is 4.79 Å². The molecule has 0 bridgehead atoms. The number of carbonyl (C=O) groups excluding carboxylic acids is 1. The van der Waals surface area contributed by atoms with E-state index in [1.165, 1.54) is 12.8 Å². The third-order valence-electron chi connectivity index (χ3n) is 2.77. The minimum Gasteiger partial charge on any atom is -0.399 e. The summed E-state index contributed by atoms with van der Waals surface area (Å²) in [4.78, 5) is 11.9. The van der Waals surface area contributed by atoms with Gasteiger partial charge in [-0.15, -0.1) is 0 Å². The van der Waals surface area contributed by atoms with Crippen molar-refractivity contribution in [2.24, 2.45) is 0 Å². The van der Waals surface area contributed by atoms with Crippen molar-refractivity contribution in [3.05, 3.63) is 29.8 Å². The fourth-order valence-corrected chi connectivity index (χ4v) is 1.76. The minimum atomic E-state index is -0.0405. The first kappa shape index (κ1) is 13.6. The average Bonchev–Trinajstić information content (AvgIpc) is 2.29. The highest BCUT2D eigenvalue weighted by Crippen LogP contribution is 2.08. The van der Waals surface area contributed by atoms with Crippen LogP contribution in [0.4, 0.5) is 5.69 Å². The van der Waals surface area contributed by atoms with Gasteiger partial charge in [-0.25, -0.2) is 0 Å². The number of nitrogens with one attached hydrogen (secondary N) is 1. The van der Waals surface area contributed by atoms with Gasteiger partial charge in [-0.1, -0.05) is 32.3 Å². The Labute approximate surface area is 103 Å². The number of rotatable bonds is 6. The monoisotopic (exact) mass is 234 g/mol. The standard InChI is InChI=1S/C14H22N2O/c1-3-4-5-7-11(2)16-14(17)12-8-6-9-13(15)10-12/h6,8-11H,3-5,7,15H2,1-2H3,(H,16,17). The van der Waals surface area contributed by atoms with Crippen LogP contribution in [0.25, 0.3) is 0 Å². The van der Waals surface area contributed by atoms with Gasteiger partial charge in [0.1, 0.15) is 0 Å². The van der Waals surface area contributed by atoms with E-state index in [9.17, 15) is 4.79 Å². The van der Waals surface area contributed by atoms with E-state index in [2.05, 4.69) is 12.2 Å². The molecule has 0 aliphatic rings. The molecule has 0 radical (unpaired) electrons. The van der Waals surface area contributed by atoms with Gasteiger partial charge in [-0.2, -0.15) is 0 Å². The topological polar surface area (TPSA) is 55.1 Å². The van der Waals surface area contributed by atoms with Gasteiger partial charge in [0, 0.05) is 17.3 Å². The van der Waals surface area contributed by atoms with Crippen molar-refractivity contribution in [2.75, 3.05) is 5.73 Å². The molecule has 1 rings (SSSR count). The third-order valence-corrected chi connectivity index (χ3v) is 2.77. The van der Waals surface area contributed by atoms with Crippen molar-refractivity contribution in [3.63, 3.8) is 0 Å². The molecule has 0 aliphatic heterocycles. The lowest BCUT2D eigenvalue weighted by molar-refractivity contribution is 0.0938. The first-order valence-electron chi connectivity index (χ1n) is 6.30. The molecule has 0 saturated carbocycles. The summed E-state index contributed by atoms with van der Waals surface area (Å²) < 4.78 is 0. The fourth-order valence-electron chi connectivity index (χ4n) is 1.76. The van der Waals surface area contributed by atoms with Crippen LogP contribution in [0.15, 0.2) is 24.3 Å². The van der Waals surface area contributed by atoms with Crippen molar-refractivity contribution in [2.45, 2.75) is 45.6 Å². The Morgan fingerprint density at radius 1 is 1.41 bits per heavy atom. The lowest BCUT2D eigenvalue weighted by atomic mass is 10.1. The lowest BCUT2D eigenvalue weighted by Gasteiger charge is -2.13. The molecule has 0 aromatic heterocycles. The Bertz CT molecular complexity index is 363. The van der Waals surface area contributed by atoms with Crippen molar-refractivity contribution in [3.8, 4) is 0 Å². The van der Waals surface area contributed by atoms with E-state index in [-0.39, 0.29) is 11.9 Å². The molecule has 0 heterocycles. The summed E-state index contributed by atoms with van der Waals surface area (Å²) in [6.45, 7) is 4.22. The number of hydrogen-bond donors (Lipinski definition) is 2. The summed E-state index contributed by atoms with van der Waals surface area (Å²) in [5.41, 5.74) is 6.90. The van der Waals surface area contributed by atoms with Crippen LogP contribution in [0.3, 0.4) is 0 Å². The zero-order valence-corrected chi connectivity index (χ0v) is 10.7. The van der Waals surface area contributed by atoms with Gasteiger partial charge in [0.15, 0.2) is 0 Å². The van der Waals surface area contributed by atoms with E-state index in [0.29, 0.717) is 11.3 Å². The molecule has 3 N–H and O–H groups in total. The quantitative estimate of drug-likeness (QED) is 0.587. The van der Waals surface area contributed by atoms with E-state index in [1.54, 1.807) is 24.3 Å². The number of carbonyl (C=O) groups is 1. The maximum atomic E-state index is 11.9. The van der Waals surface area contributed by atoms with Crippen LogP contribution < -0.4 is 11.1 Å². The Morgan fingerprint density at radius 3 is 2.82 bits per heavy atom. The van der Waals surface area contributed by atoms with Gasteiger partial charge >= 0.3 is 0 Å². The summed E-state index contributed by atoms with van der Waals surface area (Å²) in [6, 6.07) is 7.28. The van der Waals surface area contributed by atoms with Crippen LogP contribution in [0, 0.1) is 0 Å². The van der Waals surface area contributed by atoms with Gasteiger partial charge in [-0.05, 0) is 31.5 Å². The van der Waals surface area contributed by atoms with Gasteiger partial charge in [0.25, 0.3) is 5.91 Å². The molecule has 0 aliphatic carbocycles. The van der Waals surface area contributed by atoms with Crippen LogP contribution in [0.1, 0.15) is 49.9 Å². The molecule has 1 unspecified atom stereocenters. The second-order valence-electron chi connectivity index (χ2n) is 4.50. The molecule has 0 saturated heterocycles. The van der Waals surface area contributed by atoms with Crippen LogP contribution in [-0.2, 0) is 0 Å². The Hall–Kier alpha value is -1.51. The highest BCUT2D eigenvalue weighted by atomic mass is 16.1. The maximum absolute atomic E-state index is 11.9. The van der Waals surface area contributed by atoms with Crippen molar-refractivity contribution in [1.82, 2.24) is 5.32 Å². The van der Waals surface area contributed by atoms with Gasteiger partial charge < -0.3 is 11.1 Å². The summed E-state index contributed by atoms with van der Waals surface area (Å²) >= 11 is 0. The molecule has 0 spiro atoms. The minimum absolute atomic E-state index is 0.0405. The molecule has 94 valence electrons. The zero-order valence-electron chi connectivity index (χ0n) is 10.7. The molecule has 1 aromatic rings. The Morgan fingerprint density at radius 2 is 2.18 bits per heavy atom. The van der Waals surface area contributed by atoms with Crippen LogP contribution in [0.5, 0.6) is 0 Å². The number of nitrogen functional groups attached to an aromatic ring is 1. The number of hydrogen-bond acceptors (Lipinski definition) is 2. The predicted molar refractivity (Wildman–Crippen MR) is 71.9 cm³/mol. The largest absolute Gasteiger partial charge is 0.399 e. The smallest absolute Gasteiger partial charge is 0.251 e. The molecule has 1 amide bonds. The molecular formula is C14H22N2O. The van der Waals surface area contributed by atoms with Gasteiger partial charge in [-0.3, -0.25) is 4.79 Å². The average molecular weight is 234 g/mol. The van der Waals surface area contributed by atoms with Gasteiger partial charge in [0.2, 0.25) is 0 Å². The van der Waals surface area contributed by atoms with E-state index < -0.39 is 0 Å². The van der Waals surface area contributed by atoms with Crippen LogP contribution in [0.2, 0.25) is 0 Å². The summed E-state index contributed by atoms with van der Waals surface area (Å²) in [5.74, 6) is -0.0405. The molecule has 1 atom stereocenters. The summed E-state index contributed by atoms with van der Waals surface area (Å²) in [6.07, 6.45) is 4.62. The molecule has 3 heteroatoms. The number of unbranched alkanes of at least 4 members (excludes halogenated alkanes) is 2. The Balaban J connectivity index is 2.43. The molecular weight excluding hydrogens is 212 g/mol. The van der Waals surface area contributed by atoms with Crippen molar-refractivity contribution in [1.29, 1.82) is 0 Å².